The van der Waals surface area contributed by atoms with E-state index in [1.165, 1.54) is 5.56 Å². The molecule has 0 N–H and O–H groups in total. The van der Waals surface area contributed by atoms with Crippen LogP contribution in [0.3, 0.4) is 0 Å². The van der Waals surface area contributed by atoms with Gasteiger partial charge in [-0.05, 0) is 30.9 Å². The lowest BCUT2D eigenvalue weighted by atomic mass is 10.1. The molecule has 0 aliphatic carbocycles. The lowest BCUT2D eigenvalue weighted by Gasteiger charge is -2.25. The summed E-state index contributed by atoms with van der Waals surface area (Å²) in [5.41, 5.74) is 3.47. The van der Waals surface area contributed by atoms with Gasteiger partial charge in [0.15, 0.2) is 5.65 Å². The number of hydrogen-bond acceptors (Lipinski definition) is 4. The Labute approximate surface area is 175 Å². The van der Waals surface area contributed by atoms with E-state index in [9.17, 15) is 4.79 Å². The normalized spacial score (nSPS) is 16.4. The van der Waals surface area contributed by atoms with E-state index < -0.39 is 0 Å². The summed E-state index contributed by atoms with van der Waals surface area (Å²) in [6.07, 6.45) is 12.0. The van der Waals surface area contributed by atoms with Crippen molar-refractivity contribution in [1.29, 1.82) is 0 Å². The Bertz CT molecular complexity index is 1140. The lowest BCUT2D eigenvalue weighted by Crippen LogP contribution is -2.38. The van der Waals surface area contributed by atoms with Gasteiger partial charge in [0.25, 0.3) is 5.91 Å². The zero-order valence-corrected chi connectivity index (χ0v) is 16.8. The highest BCUT2D eigenvalue weighted by molar-refractivity contribution is 5.96. The van der Waals surface area contributed by atoms with E-state index in [0.717, 1.165) is 50.1 Å². The van der Waals surface area contributed by atoms with Crippen molar-refractivity contribution in [3.05, 3.63) is 78.8 Å². The van der Waals surface area contributed by atoms with E-state index in [0.29, 0.717) is 5.56 Å². The van der Waals surface area contributed by atoms with E-state index in [4.69, 9.17) is 0 Å². The van der Waals surface area contributed by atoms with Crippen molar-refractivity contribution >= 4 is 17.1 Å². The molecule has 3 aromatic heterocycles. The van der Waals surface area contributed by atoms with Crippen molar-refractivity contribution in [1.82, 2.24) is 29.0 Å². The number of fused-ring (bicyclic) bond motifs is 1. The van der Waals surface area contributed by atoms with E-state index in [1.807, 2.05) is 38.7 Å². The van der Waals surface area contributed by atoms with E-state index in [2.05, 4.69) is 39.2 Å². The Morgan fingerprint density at radius 2 is 2.03 bits per heavy atom. The van der Waals surface area contributed by atoms with Gasteiger partial charge in [-0.1, -0.05) is 30.3 Å². The highest BCUT2D eigenvalue weighted by Crippen LogP contribution is 2.22. The Morgan fingerprint density at radius 1 is 1.13 bits per heavy atom. The van der Waals surface area contributed by atoms with Crippen molar-refractivity contribution in [2.75, 3.05) is 6.54 Å². The van der Waals surface area contributed by atoms with Crippen molar-refractivity contribution in [3.63, 3.8) is 0 Å². The number of carbonyl (C=O) groups excluding carboxylic acids is 1. The fraction of sp³-hybridized carbons (Fsp3) is 0.304. The monoisotopic (exact) mass is 400 g/mol. The molecule has 1 fully saturated rings. The summed E-state index contributed by atoms with van der Waals surface area (Å²) < 4.78 is 4.08. The van der Waals surface area contributed by atoms with Crippen LogP contribution in [0.5, 0.6) is 0 Å². The summed E-state index contributed by atoms with van der Waals surface area (Å²) in [7, 11) is 0. The van der Waals surface area contributed by atoms with Crippen LogP contribution in [0.15, 0.2) is 67.6 Å². The minimum Gasteiger partial charge on any atom is -0.335 e. The maximum Gasteiger partial charge on any atom is 0.255 e. The molecule has 4 aromatic rings. The number of amides is 1. The van der Waals surface area contributed by atoms with Gasteiger partial charge in [-0.3, -0.25) is 4.79 Å². The first-order chi connectivity index (χ1) is 14.8. The summed E-state index contributed by atoms with van der Waals surface area (Å²) in [4.78, 5) is 28.3. The van der Waals surface area contributed by atoms with Crippen LogP contribution in [0.2, 0.25) is 0 Å². The zero-order valence-electron chi connectivity index (χ0n) is 16.8. The molecule has 30 heavy (non-hydrogen) atoms. The van der Waals surface area contributed by atoms with Gasteiger partial charge < -0.3 is 14.0 Å². The van der Waals surface area contributed by atoms with Crippen molar-refractivity contribution in [3.8, 4) is 0 Å². The van der Waals surface area contributed by atoms with Crippen LogP contribution < -0.4 is 0 Å². The predicted octanol–water partition coefficient (Wildman–Crippen LogP) is 3.18. The molecule has 1 saturated heterocycles. The minimum absolute atomic E-state index is 0.0332. The molecule has 5 rings (SSSR count). The molecule has 1 aliphatic heterocycles. The second-order valence-corrected chi connectivity index (χ2v) is 7.79. The number of pyridine rings is 1. The topological polar surface area (TPSA) is 68.8 Å². The molecule has 7 heteroatoms. The van der Waals surface area contributed by atoms with E-state index in [1.54, 1.807) is 18.7 Å². The first-order valence-corrected chi connectivity index (χ1v) is 10.4. The first-order valence-electron chi connectivity index (χ1n) is 10.4. The standard InChI is InChI=1S/C23H24N6O/c30-23(29-10-4-7-20(29)15-27-12-9-24-16-27)19-13-21-22(25-14-19)28(17-26-21)11-8-18-5-2-1-3-6-18/h1-3,5-6,9,12-14,16-17,20H,4,7-8,10-11,15H2. The third kappa shape index (κ3) is 3.70. The molecule has 1 atom stereocenters. The van der Waals surface area contributed by atoms with Crippen LogP contribution in [-0.2, 0) is 19.5 Å². The second-order valence-electron chi connectivity index (χ2n) is 7.79. The van der Waals surface area contributed by atoms with Gasteiger partial charge in [0, 0.05) is 44.3 Å². The van der Waals surface area contributed by atoms with Crippen LogP contribution in [0, 0.1) is 0 Å². The van der Waals surface area contributed by atoms with Gasteiger partial charge in [-0.15, -0.1) is 0 Å². The van der Waals surface area contributed by atoms with E-state index in [-0.39, 0.29) is 11.9 Å². The molecule has 1 amide bonds. The molecule has 7 nitrogen and oxygen atoms in total. The molecule has 0 radical (unpaired) electrons. The molecule has 152 valence electrons. The quantitative estimate of drug-likeness (QED) is 0.499. The molecular formula is C23H24N6O. The number of aromatic nitrogens is 5. The third-order valence-electron chi connectivity index (χ3n) is 5.81. The first kappa shape index (κ1) is 18.5. The fourth-order valence-corrected chi connectivity index (χ4v) is 4.22. The van der Waals surface area contributed by atoms with Crippen LogP contribution in [0.4, 0.5) is 0 Å². The predicted molar refractivity (Wildman–Crippen MR) is 114 cm³/mol. The summed E-state index contributed by atoms with van der Waals surface area (Å²) in [6.45, 7) is 2.36. The summed E-state index contributed by atoms with van der Waals surface area (Å²) in [5.74, 6) is 0.0332. The summed E-state index contributed by atoms with van der Waals surface area (Å²) >= 11 is 0. The van der Waals surface area contributed by atoms with Gasteiger partial charge in [-0.25, -0.2) is 15.0 Å². The number of carbonyl (C=O) groups is 1. The number of benzene rings is 1. The number of imidazole rings is 2. The van der Waals surface area contributed by atoms with Crippen molar-refractivity contribution in [2.24, 2.45) is 0 Å². The summed E-state index contributed by atoms with van der Waals surface area (Å²) in [6, 6.07) is 12.4. The van der Waals surface area contributed by atoms with Gasteiger partial charge in [0.2, 0.25) is 0 Å². The average molecular weight is 400 g/mol. The van der Waals surface area contributed by atoms with E-state index >= 15 is 0 Å². The van der Waals surface area contributed by atoms with Crippen molar-refractivity contribution in [2.45, 2.75) is 38.4 Å². The number of hydrogen-bond donors (Lipinski definition) is 0. The number of likely N-dealkylation sites (tertiary alicyclic amines) is 1. The number of aryl methyl sites for hydroxylation is 2. The average Bonchev–Trinajstić information content (AvgIpc) is 3.54. The molecule has 1 unspecified atom stereocenters. The van der Waals surface area contributed by atoms with Crippen molar-refractivity contribution < 1.29 is 4.79 Å². The lowest BCUT2D eigenvalue weighted by molar-refractivity contribution is 0.0724. The maximum atomic E-state index is 13.2. The molecular weight excluding hydrogens is 376 g/mol. The highest BCUT2D eigenvalue weighted by Gasteiger charge is 2.30. The SMILES string of the molecule is O=C(c1cnc2c(c1)ncn2CCc1ccccc1)N1CCCC1Cn1ccnc1. The Morgan fingerprint density at radius 3 is 2.87 bits per heavy atom. The minimum atomic E-state index is 0.0332. The molecule has 1 aliphatic rings. The number of nitrogens with zero attached hydrogens (tertiary/aromatic N) is 6. The zero-order chi connectivity index (χ0) is 20.3. The molecule has 0 saturated carbocycles. The molecule has 0 spiro atoms. The van der Waals surface area contributed by atoms with Gasteiger partial charge in [-0.2, -0.15) is 0 Å². The third-order valence-corrected chi connectivity index (χ3v) is 5.81. The van der Waals surface area contributed by atoms with Crippen LogP contribution in [-0.4, -0.2) is 47.5 Å². The molecule has 4 heterocycles. The van der Waals surface area contributed by atoms with Gasteiger partial charge in [0.05, 0.1) is 18.2 Å². The fourth-order valence-electron chi connectivity index (χ4n) is 4.22. The largest absolute Gasteiger partial charge is 0.335 e. The highest BCUT2D eigenvalue weighted by atomic mass is 16.2. The van der Waals surface area contributed by atoms with Gasteiger partial charge >= 0.3 is 0 Å². The van der Waals surface area contributed by atoms with Gasteiger partial charge in [0.1, 0.15) is 5.52 Å². The van der Waals surface area contributed by atoms with Crippen LogP contribution in [0.25, 0.3) is 11.2 Å². The molecule has 1 aromatic carbocycles. The number of rotatable bonds is 6. The van der Waals surface area contributed by atoms with Crippen LogP contribution in [0.1, 0.15) is 28.8 Å². The maximum absolute atomic E-state index is 13.2. The Balaban J connectivity index is 1.31. The smallest absolute Gasteiger partial charge is 0.255 e. The molecule has 0 bridgehead atoms. The Kier molecular flexibility index (Phi) is 5.01. The second kappa shape index (κ2) is 8.10. The van der Waals surface area contributed by atoms with Crippen LogP contribution >= 0.6 is 0 Å². The Hall–Kier alpha value is -3.48. The summed E-state index contributed by atoms with van der Waals surface area (Å²) in [5, 5.41) is 0.